The molecule has 0 radical (unpaired) electrons. The van der Waals surface area contributed by atoms with Gasteiger partial charge in [-0.25, -0.2) is 0 Å². The smallest absolute Gasteiger partial charge is 0.256 e. The van der Waals surface area contributed by atoms with Gasteiger partial charge in [-0.05, 0) is 23.8 Å². The minimum Gasteiger partial charge on any atom is -0.380 e. The van der Waals surface area contributed by atoms with Gasteiger partial charge in [0.2, 0.25) is 0 Å². The van der Waals surface area contributed by atoms with E-state index in [9.17, 15) is 4.79 Å². The van der Waals surface area contributed by atoms with Crippen molar-refractivity contribution >= 4 is 24.0 Å². The maximum atomic E-state index is 12.7. The summed E-state index contributed by atoms with van der Waals surface area (Å²) in [7, 11) is 0. The van der Waals surface area contributed by atoms with Crippen molar-refractivity contribution in [2.24, 2.45) is 0 Å². The molecule has 1 aliphatic rings. The van der Waals surface area contributed by atoms with Gasteiger partial charge in [-0.3, -0.25) is 9.78 Å². The zero-order valence-corrected chi connectivity index (χ0v) is 13.7. The number of hydrogen-bond donors (Lipinski definition) is 2. The first-order valence-electron chi connectivity index (χ1n) is 7.56. The van der Waals surface area contributed by atoms with Crippen LogP contribution in [0.25, 0.3) is 0 Å². The summed E-state index contributed by atoms with van der Waals surface area (Å²) in [6.07, 6.45) is 3.58. The molecular weight excluding hydrogens is 312 g/mol. The summed E-state index contributed by atoms with van der Waals surface area (Å²) in [5.74, 6) is 0.0933. The second-order valence-corrected chi connectivity index (χ2v) is 5.30. The van der Waals surface area contributed by atoms with E-state index in [1.165, 1.54) is 0 Å². The van der Waals surface area contributed by atoms with E-state index in [2.05, 4.69) is 15.6 Å². The monoisotopic (exact) mass is 332 g/mol. The standard InChI is InChI=1S/C17H20N4O.ClH/c22-17(21-10-8-18-9-11-21)15-5-1-2-6-16(15)20-13-14-4-3-7-19-12-14;/h1-7,12,18,20H,8-11,13H2;1H. The summed E-state index contributed by atoms with van der Waals surface area (Å²) in [6, 6.07) is 11.6. The van der Waals surface area contributed by atoms with Crippen LogP contribution in [0.1, 0.15) is 15.9 Å². The van der Waals surface area contributed by atoms with E-state index < -0.39 is 0 Å². The van der Waals surface area contributed by atoms with Crippen LogP contribution in [0.4, 0.5) is 5.69 Å². The number of amides is 1. The van der Waals surface area contributed by atoms with Crippen LogP contribution in [-0.4, -0.2) is 42.0 Å². The maximum Gasteiger partial charge on any atom is 0.256 e. The summed E-state index contributed by atoms with van der Waals surface area (Å²) in [5.41, 5.74) is 2.69. The van der Waals surface area contributed by atoms with Crippen molar-refractivity contribution in [3.05, 3.63) is 59.9 Å². The fourth-order valence-electron chi connectivity index (χ4n) is 2.56. The molecule has 2 aromatic rings. The molecule has 5 nitrogen and oxygen atoms in total. The highest BCUT2D eigenvalue weighted by atomic mass is 35.5. The van der Waals surface area contributed by atoms with E-state index in [-0.39, 0.29) is 18.3 Å². The van der Waals surface area contributed by atoms with Gasteiger partial charge in [-0.1, -0.05) is 18.2 Å². The molecule has 1 fully saturated rings. The highest BCUT2D eigenvalue weighted by Gasteiger charge is 2.20. The van der Waals surface area contributed by atoms with Crippen molar-refractivity contribution < 1.29 is 4.79 Å². The number of nitrogens with zero attached hydrogens (tertiary/aromatic N) is 2. The van der Waals surface area contributed by atoms with Gasteiger partial charge >= 0.3 is 0 Å². The molecule has 1 amide bonds. The third kappa shape index (κ3) is 4.43. The number of anilines is 1. The third-order valence-electron chi connectivity index (χ3n) is 3.77. The lowest BCUT2D eigenvalue weighted by molar-refractivity contribution is 0.0737. The summed E-state index contributed by atoms with van der Waals surface area (Å²) in [5, 5.41) is 6.61. The van der Waals surface area contributed by atoms with Gasteiger partial charge in [0.05, 0.1) is 5.56 Å². The third-order valence-corrected chi connectivity index (χ3v) is 3.77. The Balaban J connectivity index is 0.00000192. The lowest BCUT2D eigenvalue weighted by Gasteiger charge is -2.28. The largest absolute Gasteiger partial charge is 0.380 e. The van der Waals surface area contributed by atoms with Gasteiger partial charge < -0.3 is 15.5 Å². The van der Waals surface area contributed by atoms with Crippen molar-refractivity contribution in [2.75, 3.05) is 31.5 Å². The quantitative estimate of drug-likeness (QED) is 0.901. The molecule has 0 aliphatic carbocycles. The Morgan fingerprint density at radius 2 is 1.96 bits per heavy atom. The van der Waals surface area contributed by atoms with E-state index >= 15 is 0 Å². The first-order chi connectivity index (χ1) is 10.8. The van der Waals surface area contributed by atoms with Crippen LogP contribution in [0, 0.1) is 0 Å². The lowest BCUT2D eigenvalue weighted by Crippen LogP contribution is -2.46. The van der Waals surface area contributed by atoms with Crippen molar-refractivity contribution in [1.82, 2.24) is 15.2 Å². The van der Waals surface area contributed by atoms with E-state index in [1.807, 2.05) is 47.5 Å². The predicted octanol–water partition coefficient (Wildman–Crippen LogP) is 2.16. The second-order valence-electron chi connectivity index (χ2n) is 5.30. The average molecular weight is 333 g/mol. The number of para-hydroxylation sites is 1. The van der Waals surface area contributed by atoms with Crippen LogP contribution in [0.5, 0.6) is 0 Å². The molecule has 0 bridgehead atoms. The highest BCUT2D eigenvalue weighted by Crippen LogP contribution is 2.18. The number of nitrogens with one attached hydrogen (secondary N) is 2. The van der Waals surface area contributed by atoms with Crippen molar-refractivity contribution in [3.63, 3.8) is 0 Å². The number of pyridine rings is 1. The van der Waals surface area contributed by atoms with Crippen molar-refractivity contribution in [1.29, 1.82) is 0 Å². The zero-order valence-electron chi connectivity index (χ0n) is 12.9. The Morgan fingerprint density at radius 3 is 2.70 bits per heavy atom. The average Bonchev–Trinajstić information content (AvgIpc) is 2.61. The Morgan fingerprint density at radius 1 is 1.17 bits per heavy atom. The number of carbonyl (C=O) groups excluding carboxylic acids is 1. The molecule has 6 heteroatoms. The van der Waals surface area contributed by atoms with E-state index in [0.717, 1.165) is 43.0 Å². The van der Waals surface area contributed by atoms with Gasteiger partial charge in [0.15, 0.2) is 0 Å². The van der Waals surface area contributed by atoms with Gasteiger partial charge in [0.25, 0.3) is 5.91 Å². The van der Waals surface area contributed by atoms with Crippen LogP contribution in [0.15, 0.2) is 48.8 Å². The first-order valence-corrected chi connectivity index (χ1v) is 7.56. The molecule has 122 valence electrons. The number of benzene rings is 1. The van der Waals surface area contributed by atoms with Gasteiger partial charge in [0, 0.05) is 50.8 Å². The fraction of sp³-hybridized carbons (Fsp3) is 0.294. The molecule has 0 spiro atoms. The molecule has 1 saturated heterocycles. The van der Waals surface area contributed by atoms with Crippen LogP contribution in [0.2, 0.25) is 0 Å². The lowest BCUT2D eigenvalue weighted by atomic mass is 10.1. The number of halogens is 1. The summed E-state index contributed by atoms with van der Waals surface area (Å²) in [6.45, 7) is 3.89. The number of aromatic nitrogens is 1. The Kier molecular flexibility index (Phi) is 6.38. The molecule has 0 saturated carbocycles. The number of carbonyl (C=O) groups is 1. The molecule has 0 unspecified atom stereocenters. The molecule has 3 rings (SSSR count). The fourth-order valence-corrected chi connectivity index (χ4v) is 2.56. The molecule has 2 N–H and O–H groups in total. The zero-order chi connectivity index (χ0) is 15.2. The highest BCUT2D eigenvalue weighted by molar-refractivity contribution is 5.99. The summed E-state index contributed by atoms with van der Waals surface area (Å²) >= 11 is 0. The molecular formula is C17H21ClN4O. The van der Waals surface area contributed by atoms with E-state index in [0.29, 0.717) is 6.54 Å². The number of rotatable bonds is 4. The Labute approximate surface area is 142 Å². The molecule has 1 aromatic heterocycles. The maximum absolute atomic E-state index is 12.7. The van der Waals surface area contributed by atoms with Gasteiger partial charge in [-0.15, -0.1) is 12.4 Å². The minimum absolute atomic E-state index is 0. The number of hydrogen-bond acceptors (Lipinski definition) is 4. The summed E-state index contributed by atoms with van der Waals surface area (Å²) < 4.78 is 0. The topological polar surface area (TPSA) is 57.3 Å². The predicted molar refractivity (Wildman–Crippen MR) is 94.0 cm³/mol. The minimum atomic E-state index is 0. The van der Waals surface area contributed by atoms with Crippen LogP contribution >= 0.6 is 12.4 Å². The molecule has 23 heavy (non-hydrogen) atoms. The van der Waals surface area contributed by atoms with Gasteiger partial charge in [0.1, 0.15) is 0 Å². The number of piperazine rings is 1. The molecule has 1 aromatic carbocycles. The normalized spacial score (nSPS) is 14.0. The van der Waals surface area contributed by atoms with Crippen molar-refractivity contribution in [2.45, 2.75) is 6.54 Å². The van der Waals surface area contributed by atoms with Crippen molar-refractivity contribution in [3.8, 4) is 0 Å². The van der Waals surface area contributed by atoms with Crippen LogP contribution in [-0.2, 0) is 6.54 Å². The Hall–Kier alpha value is -2.11. The first kappa shape index (κ1) is 17.2. The van der Waals surface area contributed by atoms with E-state index in [1.54, 1.807) is 6.20 Å². The van der Waals surface area contributed by atoms with Crippen LogP contribution < -0.4 is 10.6 Å². The summed E-state index contributed by atoms with van der Waals surface area (Å²) in [4.78, 5) is 18.7. The molecule has 0 atom stereocenters. The molecule has 2 heterocycles. The Bertz CT molecular complexity index is 630. The molecule has 1 aliphatic heterocycles. The second kappa shape index (κ2) is 8.50. The van der Waals surface area contributed by atoms with E-state index in [4.69, 9.17) is 0 Å². The SMILES string of the molecule is Cl.O=C(c1ccccc1NCc1cccnc1)N1CCNCC1. The van der Waals surface area contributed by atoms with Gasteiger partial charge in [-0.2, -0.15) is 0 Å². The van der Waals surface area contributed by atoms with Crippen LogP contribution in [0.3, 0.4) is 0 Å².